The molecule has 0 aromatic heterocycles. The van der Waals surface area contributed by atoms with Gasteiger partial charge in [0.25, 0.3) is 0 Å². The van der Waals surface area contributed by atoms with E-state index in [0.29, 0.717) is 11.4 Å². The number of nitrogens with one attached hydrogen (secondary N) is 1. The summed E-state index contributed by atoms with van der Waals surface area (Å²) in [5.41, 5.74) is 4.53. The number of likely N-dealkylation sites (tertiary alicyclic amines) is 1. The Hall–Kier alpha value is -1.39. The first kappa shape index (κ1) is 17.0. The first-order valence-corrected chi connectivity index (χ1v) is 8.40. The van der Waals surface area contributed by atoms with E-state index in [2.05, 4.69) is 15.4 Å². The zero-order chi connectivity index (χ0) is 15.8. The van der Waals surface area contributed by atoms with Crippen LogP contribution in [0.1, 0.15) is 44.6 Å². The van der Waals surface area contributed by atoms with Crippen LogP contribution < -0.4 is 5.43 Å². The van der Waals surface area contributed by atoms with Gasteiger partial charge in [0.1, 0.15) is 0 Å². The summed E-state index contributed by atoms with van der Waals surface area (Å²) in [4.78, 5) is 14.3. The van der Waals surface area contributed by atoms with Crippen LogP contribution in [0.2, 0.25) is 5.02 Å². The summed E-state index contributed by atoms with van der Waals surface area (Å²) in [5.74, 6) is -0.0227. The lowest BCUT2D eigenvalue weighted by Gasteiger charge is -2.25. The largest absolute Gasteiger partial charge is 0.303 e. The van der Waals surface area contributed by atoms with Crippen molar-refractivity contribution in [3.05, 3.63) is 34.9 Å². The number of halogens is 1. The van der Waals surface area contributed by atoms with Crippen molar-refractivity contribution in [3.63, 3.8) is 0 Å². The van der Waals surface area contributed by atoms with Crippen LogP contribution in [0.4, 0.5) is 0 Å². The van der Waals surface area contributed by atoms with E-state index in [1.54, 1.807) is 0 Å². The predicted octanol–water partition coefficient (Wildman–Crippen LogP) is 3.45. The summed E-state index contributed by atoms with van der Waals surface area (Å²) in [6.07, 6.45) is 5.07. The molecule has 1 aliphatic heterocycles. The van der Waals surface area contributed by atoms with Gasteiger partial charge in [-0.05, 0) is 50.0 Å². The summed E-state index contributed by atoms with van der Waals surface area (Å²) in [6, 6.07) is 7.51. The van der Waals surface area contributed by atoms with Crippen LogP contribution in [-0.2, 0) is 4.79 Å². The smallest absolute Gasteiger partial charge is 0.241 e. The number of hydrogen-bond acceptors (Lipinski definition) is 3. The molecule has 0 unspecified atom stereocenters. The van der Waals surface area contributed by atoms with E-state index in [1.807, 2.05) is 31.2 Å². The average Bonchev–Trinajstić information content (AvgIpc) is 2.56. The second-order valence-corrected chi connectivity index (χ2v) is 6.04. The van der Waals surface area contributed by atoms with Gasteiger partial charge in [0.2, 0.25) is 5.91 Å². The van der Waals surface area contributed by atoms with Crippen molar-refractivity contribution in [2.24, 2.45) is 5.10 Å². The molecule has 0 spiro atoms. The third kappa shape index (κ3) is 5.43. The summed E-state index contributed by atoms with van der Waals surface area (Å²) in [5, 5.41) is 4.96. The molecule has 4 nitrogen and oxygen atoms in total. The number of amides is 1. The Morgan fingerprint density at radius 3 is 2.55 bits per heavy atom. The summed E-state index contributed by atoms with van der Waals surface area (Å²) in [7, 11) is 0. The first-order valence-electron chi connectivity index (χ1n) is 8.02. The minimum Gasteiger partial charge on any atom is -0.303 e. The standard InChI is InChI=1S/C17H24ClN3O/c1-2-16(14-6-8-15(18)9-7-14)19-20-17(22)10-13-21-11-4-3-5-12-21/h6-9H,2-5,10-13H2,1H3,(H,20,22)/b19-16+. The number of carbonyl (C=O) groups excluding carboxylic acids is 1. The highest BCUT2D eigenvalue weighted by Gasteiger charge is 2.11. The van der Waals surface area contributed by atoms with E-state index in [1.165, 1.54) is 19.3 Å². The van der Waals surface area contributed by atoms with Gasteiger partial charge < -0.3 is 4.90 Å². The molecule has 1 aromatic rings. The Morgan fingerprint density at radius 2 is 1.91 bits per heavy atom. The Labute approximate surface area is 137 Å². The van der Waals surface area contributed by atoms with Gasteiger partial charge >= 0.3 is 0 Å². The number of hydrogen-bond donors (Lipinski definition) is 1. The maximum Gasteiger partial charge on any atom is 0.241 e. The van der Waals surface area contributed by atoms with Crippen LogP contribution in [0, 0.1) is 0 Å². The van der Waals surface area contributed by atoms with Crippen LogP contribution in [0.15, 0.2) is 29.4 Å². The fourth-order valence-electron chi connectivity index (χ4n) is 2.62. The minimum absolute atomic E-state index is 0.0227. The maximum atomic E-state index is 11.9. The SMILES string of the molecule is CC/C(=N\NC(=O)CCN1CCCCC1)c1ccc(Cl)cc1. The molecule has 5 heteroatoms. The van der Waals surface area contributed by atoms with Gasteiger partial charge in [0.15, 0.2) is 0 Å². The third-order valence-electron chi connectivity index (χ3n) is 3.93. The molecule has 1 amide bonds. The van der Waals surface area contributed by atoms with E-state index in [4.69, 9.17) is 11.6 Å². The number of carbonyl (C=O) groups is 1. The number of nitrogens with zero attached hydrogens (tertiary/aromatic N) is 2. The fraction of sp³-hybridized carbons (Fsp3) is 0.529. The van der Waals surface area contributed by atoms with Crippen LogP contribution >= 0.6 is 11.6 Å². The molecule has 120 valence electrons. The van der Waals surface area contributed by atoms with E-state index < -0.39 is 0 Å². The van der Waals surface area contributed by atoms with Crippen molar-refractivity contribution in [3.8, 4) is 0 Å². The van der Waals surface area contributed by atoms with Gasteiger partial charge in [0, 0.05) is 18.0 Å². The number of benzene rings is 1. The van der Waals surface area contributed by atoms with Gasteiger partial charge in [-0.15, -0.1) is 0 Å². The quantitative estimate of drug-likeness (QED) is 0.644. The van der Waals surface area contributed by atoms with Gasteiger partial charge in [-0.2, -0.15) is 5.10 Å². The molecule has 1 heterocycles. The number of rotatable bonds is 6. The maximum absolute atomic E-state index is 11.9. The van der Waals surface area contributed by atoms with Crippen molar-refractivity contribution < 1.29 is 4.79 Å². The Morgan fingerprint density at radius 1 is 1.23 bits per heavy atom. The topological polar surface area (TPSA) is 44.7 Å². The monoisotopic (exact) mass is 321 g/mol. The lowest BCUT2D eigenvalue weighted by atomic mass is 10.1. The third-order valence-corrected chi connectivity index (χ3v) is 4.18. The zero-order valence-corrected chi connectivity index (χ0v) is 13.9. The summed E-state index contributed by atoms with van der Waals surface area (Å²) < 4.78 is 0. The molecule has 0 aliphatic carbocycles. The van der Waals surface area contributed by atoms with Gasteiger partial charge in [-0.1, -0.05) is 37.1 Å². The molecule has 1 saturated heterocycles. The normalized spacial score (nSPS) is 16.5. The molecule has 1 aliphatic rings. The van der Waals surface area contributed by atoms with Crippen LogP contribution in [-0.4, -0.2) is 36.2 Å². The molecule has 1 fully saturated rings. The van der Waals surface area contributed by atoms with Crippen molar-refractivity contribution in [2.45, 2.75) is 39.0 Å². The molecule has 22 heavy (non-hydrogen) atoms. The minimum atomic E-state index is -0.0227. The second-order valence-electron chi connectivity index (χ2n) is 5.61. The highest BCUT2D eigenvalue weighted by molar-refractivity contribution is 6.30. The molecule has 0 saturated carbocycles. The van der Waals surface area contributed by atoms with E-state index in [9.17, 15) is 4.79 Å². The fourth-order valence-corrected chi connectivity index (χ4v) is 2.74. The van der Waals surface area contributed by atoms with E-state index >= 15 is 0 Å². The first-order chi connectivity index (χ1) is 10.7. The molecular formula is C17H24ClN3O. The second kappa shape index (κ2) is 8.91. The van der Waals surface area contributed by atoms with Crippen molar-refractivity contribution in [2.75, 3.05) is 19.6 Å². The number of hydrazone groups is 1. The predicted molar refractivity (Wildman–Crippen MR) is 91.3 cm³/mol. The highest BCUT2D eigenvalue weighted by atomic mass is 35.5. The Bertz CT molecular complexity index is 507. The summed E-state index contributed by atoms with van der Waals surface area (Å²) >= 11 is 5.89. The Balaban J connectivity index is 1.82. The molecule has 2 rings (SSSR count). The Kier molecular flexibility index (Phi) is 6.87. The molecular weight excluding hydrogens is 298 g/mol. The van der Waals surface area contributed by atoms with Crippen molar-refractivity contribution >= 4 is 23.2 Å². The van der Waals surface area contributed by atoms with Crippen LogP contribution in [0.25, 0.3) is 0 Å². The average molecular weight is 322 g/mol. The van der Waals surface area contributed by atoms with Crippen LogP contribution in [0.3, 0.4) is 0 Å². The van der Waals surface area contributed by atoms with Gasteiger partial charge in [0.05, 0.1) is 5.71 Å². The van der Waals surface area contributed by atoms with E-state index in [0.717, 1.165) is 37.3 Å². The molecule has 0 radical (unpaired) electrons. The highest BCUT2D eigenvalue weighted by Crippen LogP contribution is 2.12. The number of piperidine rings is 1. The van der Waals surface area contributed by atoms with Crippen molar-refractivity contribution in [1.82, 2.24) is 10.3 Å². The summed E-state index contributed by atoms with van der Waals surface area (Å²) in [6.45, 7) is 5.07. The molecule has 1 N–H and O–H groups in total. The van der Waals surface area contributed by atoms with Crippen molar-refractivity contribution in [1.29, 1.82) is 0 Å². The molecule has 0 bridgehead atoms. The van der Waals surface area contributed by atoms with Gasteiger partial charge in [-0.3, -0.25) is 4.79 Å². The van der Waals surface area contributed by atoms with Gasteiger partial charge in [-0.25, -0.2) is 5.43 Å². The zero-order valence-electron chi connectivity index (χ0n) is 13.1. The lowest BCUT2D eigenvalue weighted by molar-refractivity contribution is -0.121. The van der Waals surface area contributed by atoms with Crippen LogP contribution in [0.5, 0.6) is 0 Å². The van der Waals surface area contributed by atoms with E-state index in [-0.39, 0.29) is 5.91 Å². The lowest BCUT2D eigenvalue weighted by Crippen LogP contribution is -2.33. The molecule has 1 aromatic carbocycles. The molecule has 0 atom stereocenters.